The number of rotatable bonds is 8. The summed E-state index contributed by atoms with van der Waals surface area (Å²) in [6, 6.07) is 2.33. The lowest BCUT2D eigenvalue weighted by Gasteiger charge is -2.28. The van der Waals surface area contributed by atoms with Gasteiger partial charge in [-0.05, 0) is 44.5 Å². The fraction of sp³-hybridized carbons (Fsp3) is 0.533. The summed E-state index contributed by atoms with van der Waals surface area (Å²) in [5.41, 5.74) is 5.47. The van der Waals surface area contributed by atoms with E-state index in [0.717, 1.165) is 13.0 Å². The number of amides is 1. The van der Waals surface area contributed by atoms with E-state index < -0.39 is 17.5 Å². The predicted molar refractivity (Wildman–Crippen MR) is 80.0 cm³/mol. The van der Waals surface area contributed by atoms with Gasteiger partial charge in [0, 0.05) is 12.6 Å². The Morgan fingerprint density at radius 1 is 1.33 bits per heavy atom. The summed E-state index contributed by atoms with van der Waals surface area (Å²) in [5, 5.41) is 3.09. The van der Waals surface area contributed by atoms with Crippen LogP contribution in [0.25, 0.3) is 0 Å². The van der Waals surface area contributed by atoms with Gasteiger partial charge in [-0.1, -0.05) is 6.92 Å². The quantitative estimate of drug-likeness (QED) is 0.723. The van der Waals surface area contributed by atoms with Crippen molar-refractivity contribution in [2.24, 2.45) is 5.73 Å². The van der Waals surface area contributed by atoms with Gasteiger partial charge in [-0.25, -0.2) is 8.78 Å². The molecular formula is C15H23F2N3O. The van der Waals surface area contributed by atoms with E-state index >= 15 is 0 Å². The summed E-state index contributed by atoms with van der Waals surface area (Å²) in [7, 11) is 0. The Morgan fingerprint density at radius 3 is 2.33 bits per heavy atom. The molecule has 0 bridgehead atoms. The van der Waals surface area contributed by atoms with Gasteiger partial charge in [-0.2, -0.15) is 0 Å². The van der Waals surface area contributed by atoms with Crippen LogP contribution >= 0.6 is 0 Å². The number of carbonyl (C=O) groups excluding carboxylic acids is 1. The van der Waals surface area contributed by atoms with Gasteiger partial charge in [-0.15, -0.1) is 0 Å². The Labute approximate surface area is 124 Å². The zero-order valence-electron chi connectivity index (χ0n) is 12.7. The molecule has 0 heterocycles. The maximum Gasteiger partial charge on any atom is 0.236 e. The van der Waals surface area contributed by atoms with Crippen LogP contribution < -0.4 is 16.0 Å². The number of nitrogens with zero attached hydrogens (tertiary/aromatic N) is 1. The fourth-order valence-electron chi connectivity index (χ4n) is 2.09. The molecule has 1 amide bonds. The summed E-state index contributed by atoms with van der Waals surface area (Å²) in [5.74, 6) is -1.99. The van der Waals surface area contributed by atoms with Gasteiger partial charge in [0.1, 0.15) is 17.3 Å². The van der Waals surface area contributed by atoms with Crippen molar-refractivity contribution < 1.29 is 13.6 Å². The van der Waals surface area contributed by atoms with Crippen LogP contribution in [-0.2, 0) is 11.3 Å². The average Bonchev–Trinajstić information content (AvgIpc) is 2.36. The van der Waals surface area contributed by atoms with Crippen LogP contribution in [0.4, 0.5) is 14.5 Å². The third-order valence-corrected chi connectivity index (χ3v) is 3.07. The Morgan fingerprint density at radius 2 is 1.90 bits per heavy atom. The number of nitrogens with two attached hydrogens (primary N) is 1. The molecule has 1 aromatic rings. The van der Waals surface area contributed by atoms with Crippen molar-refractivity contribution >= 4 is 11.6 Å². The molecule has 6 heteroatoms. The summed E-state index contributed by atoms with van der Waals surface area (Å²) in [4.78, 5) is 12.4. The standard InChI is InChI=1S/C15H23F2N3O/c1-4-5-19-8-11-6-12(16)15(13(17)7-11)20(10(2)3)9-14(18)21/h6-7,10,19H,4-5,8-9H2,1-3H3,(H2,18,21). The van der Waals surface area contributed by atoms with Crippen LogP contribution in [0.1, 0.15) is 32.8 Å². The molecule has 1 rings (SSSR count). The largest absolute Gasteiger partial charge is 0.368 e. The minimum absolute atomic E-state index is 0.206. The Bertz CT molecular complexity index is 469. The van der Waals surface area contributed by atoms with Gasteiger partial charge in [-0.3, -0.25) is 4.79 Å². The van der Waals surface area contributed by atoms with Crippen LogP contribution in [0, 0.1) is 11.6 Å². The van der Waals surface area contributed by atoms with Crippen LogP contribution in [-0.4, -0.2) is 25.0 Å². The molecule has 0 saturated heterocycles. The highest BCUT2D eigenvalue weighted by atomic mass is 19.1. The van der Waals surface area contributed by atoms with E-state index in [1.54, 1.807) is 13.8 Å². The smallest absolute Gasteiger partial charge is 0.236 e. The first-order chi connectivity index (χ1) is 9.86. The number of nitrogens with one attached hydrogen (secondary N) is 1. The predicted octanol–water partition coefficient (Wildman–Crippen LogP) is 2.16. The van der Waals surface area contributed by atoms with E-state index in [1.165, 1.54) is 17.0 Å². The zero-order chi connectivity index (χ0) is 16.0. The first-order valence-corrected chi connectivity index (χ1v) is 7.10. The second kappa shape index (κ2) is 7.93. The van der Waals surface area contributed by atoms with Gasteiger partial charge in [0.05, 0.1) is 6.54 Å². The van der Waals surface area contributed by atoms with Crippen molar-refractivity contribution in [3.63, 3.8) is 0 Å². The summed E-state index contributed by atoms with van der Waals surface area (Å²) in [6.07, 6.45) is 0.947. The average molecular weight is 299 g/mol. The minimum atomic E-state index is -0.682. The molecule has 0 spiro atoms. The van der Waals surface area contributed by atoms with E-state index in [0.29, 0.717) is 12.1 Å². The molecule has 1 aromatic carbocycles. The number of primary amides is 1. The van der Waals surface area contributed by atoms with Crippen LogP contribution in [0.3, 0.4) is 0 Å². The molecule has 0 aliphatic heterocycles. The van der Waals surface area contributed by atoms with Crippen molar-refractivity contribution in [1.82, 2.24) is 5.32 Å². The van der Waals surface area contributed by atoms with Crippen molar-refractivity contribution in [2.45, 2.75) is 39.8 Å². The molecule has 21 heavy (non-hydrogen) atoms. The van der Waals surface area contributed by atoms with Crippen LogP contribution in [0.15, 0.2) is 12.1 Å². The number of anilines is 1. The van der Waals surface area contributed by atoms with E-state index in [9.17, 15) is 13.6 Å². The number of halogens is 2. The number of hydrogen-bond donors (Lipinski definition) is 2. The van der Waals surface area contributed by atoms with Crippen molar-refractivity contribution in [3.8, 4) is 0 Å². The second-order valence-electron chi connectivity index (χ2n) is 5.27. The third-order valence-electron chi connectivity index (χ3n) is 3.07. The zero-order valence-corrected chi connectivity index (χ0v) is 12.7. The maximum absolute atomic E-state index is 14.2. The lowest BCUT2D eigenvalue weighted by atomic mass is 10.1. The Kier molecular flexibility index (Phi) is 6.55. The molecule has 0 saturated carbocycles. The first-order valence-electron chi connectivity index (χ1n) is 7.10. The van der Waals surface area contributed by atoms with Gasteiger partial charge in [0.25, 0.3) is 0 Å². The second-order valence-corrected chi connectivity index (χ2v) is 5.27. The maximum atomic E-state index is 14.2. The highest BCUT2D eigenvalue weighted by Gasteiger charge is 2.21. The molecule has 0 aliphatic carbocycles. The van der Waals surface area contributed by atoms with Crippen molar-refractivity contribution in [2.75, 3.05) is 18.0 Å². The van der Waals surface area contributed by atoms with Crippen LogP contribution in [0.5, 0.6) is 0 Å². The molecule has 0 fully saturated rings. The molecule has 0 aromatic heterocycles. The normalized spacial score (nSPS) is 11.0. The highest BCUT2D eigenvalue weighted by molar-refractivity contribution is 5.79. The Balaban J connectivity index is 3.04. The van der Waals surface area contributed by atoms with Gasteiger partial charge in [0.15, 0.2) is 0 Å². The molecule has 0 atom stereocenters. The van der Waals surface area contributed by atoms with Crippen LogP contribution in [0.2, 0.25) is 0 Å². The lowest BCUT2D eigenvalue weighted by molar-refractivity contribution is -0.116. The molecular weight excluding hydrogens is 276 g/mol. The van der Waals surface area contributed by atoms with Gasteiger partial charge < -0.3 is 16.0 Å². The third kappa shape index (κ3) is 4.97. The van der Waals surface area contributed by atoms with Crippen molar-refractivity contribution in [1.29, 1.82) is 0 Å². The SMILES string of the molecule is CCCNCc1cc(F)c(N(CC(N)=O)C(C)C)c(F)c1. The highest BCUT2D eigenvalue weighted by Crippen LogP contribution is 2.26. The molecule has 3 N–H and O–H groups in total. The molecule has 118 valence electrons. The Hall–Kier alpha value is -1.69. The molecule has 4 nitrogen and oxygen atoms in total. The van der Waals surface area contributed by atoms with E-state index in [-0.39, 0.29) is 18.3 Å². The van der Waals surface area contributed by atoms with Crippen molar-refractivity contribution in [3.05, 3.63) is 29.3 Å². The van der Waals surface area contributed by atoms with Gasteiger partial charge in [0.2, 0.25) is 5.91 Å². The number of hydrogen-bond acceptors (Lipinski definition) is 3. The van der Waals surface area contributed by atoms with E-state index in [1.807, 2.05) is 6.92 Å². The summed E-state index contributed by atoms with van der Waals surface area (Å²) in [6.45, 7) is 6.47. The number of benzene rings is 1. The first kappa shape index (κ1) is 17.4. The summed E-state index contributed by atoms with van der Waals surface area (Å²) < 4.78 is 28.4. The molecule has 0 radical (unpaired) electrons. The molecule has 0 unspecified atom stereocenters. The topological polar surface area (TPSA) is 58.4 Å². The monoisotopic (exact) mass is 299 g/mol. The number of carbonyl (C=O) groups is 1. The van der Waals surface area contributed by atoms with E-state index in [4.69, 9.17) is 5.73 Å². The minimum Gasteiger partial charge on any atom is -0.368 e. The van der Waals surface area contributed by atoms with Gasteiger partial charge >= 0.3 is 0 Å². The lowest BCUT2D eigenvalue weighted by Crippen LogP contribution is -2.39. The van der Waals surface area contributed by atoms with E-state index in [2.05, 4.69) is 5.32 Å². The molecule has 0 aliphatic rings. The fourth-order valence-corrected chi connectivity index (χ4v) is 2.09. The summed E-state index contributed by atoms with van der Waals surface area (Å²) >= 11 is 0.